The number of esters is 1. The summed E-state index contributed by atoms with van der Waals surface area (Å²) in [5.41, 5.74) is 1.14. The van der Waals surface area contributed by atoms with Gasteiger partial charge in [-0.3, -0.25) is 4.79 Å². The van der Waals surface area contributed by atoms with Crippen LogP contribution >= 0.6 is 0 Å². The molecule has 0 radical (unpaired) electrons. The molecule has 0 unspecified atom stereocenters. The van der Waals surface area contributed by atoms with Crippen LogP contribution in [0, 0.1) is 0 Å². The third-order valence-corrected chi connectivity index (χ3v) is 1.54. The number of allylic oxidation sites excluding steroid dienone is 1. The molecule has 11 heavy (non-hydrogen) atoms. The van der Waals surface area contributed by atoms with Crippen LogP contribution in [-0.4, -0.2) is 12.6 Å². The highest BCUT2D eigenvalue weighted by molar-refractivity contribution is 5.72. The summed E-state index contributed by atoms with van der Waals surface area (Å²) in [5.74, 6) is -0.123. The first-order valence-corrected chi connectivity index (χ1v) is 4.04. The smallest absolute Gasteiger partial charge is 0.309 e. The summed E-state index contributed by atoms with van der Waals surface area (Å²) in [7, 11) is 0. The molecule has 2 nitrogen and oxygen atoms in total. The third-order valence-electron chi connectivity index (χ3n) is 1.54. The average Bonchev–Trinajstić information content (AvgIpc) is 2.01. The lowest BCUT2D eigenvalue weighted by molar-refractivity contribution is -0.142. The molecular weight excluding hydrogens is 140 g/mol. The Labute approximate surface area is 68.2 Å². The Hall–Kier alpha value is -0.790. The highest BCUT2D eigenvalue weighted by atomic mass is 16.5. The largest absolute Gasteiger partial charge is 0.466 e. The maximum Gasteiger partial charge on any atom is 0.309 e. The predicted molar refractivity (Wildman–Crippen MR) is 45.3 cm³/mol. The van der Waals surface area contributed by atoms with Gasteiger partial charge in [0.05, 0.1) is 13.0 Å². The van der Waals surface area contributed by atoms with Gasteiger partial charge in [0.25, 0.3) is 0 Å². The van der Waals surface area contributed by atoms with Crippen molar-refractivity contribution in [3.63, 3.8) is 0 Å². The Balaban J connectivity index is 3.73. The fourth-order valence-electron chi connectivity index (χ4n) is 0.829. The van der Waals surface area contributed by atoms with Crippen molar-refractivity contribution in [1.82, 2.24) is 0 Å². The van der Waals surface area contributed by atoms with Crippen LogP contribution < -0.4 is 0 Å². The fourth-order valence-corrected chi connectivity index (χ4v) is 0.829. The van der Waals surface area contributed by atoms with E-state index in [9.17, 15) is 4.79 Å². The molecule has 0 aromatic carbocycles. The first kappa shape index (κ1) is 10.2. The van der Waals surface area contributed by atoms with Crippen molar-refractivity contribution in [2.75, 3.05) is 6.61 Å². The van der Waals surface area contributed by atoms with Crippen LogP contribution in [0.4, 0.5) is 0 Å². The number of hydrogen-bond acceptors (Lipinski definition) is 2. The van der Waals surface area contributed by atoms with Crippen LogP contribution in [0.1, 0.15) is 33.6 Å². The number of ether oxygens (including phenoxy) is 1. The first-order chi connectivity index (χ1) is 5.24. The molecule has 0 aromatic heterocycles. The zero-order valence-corrected chi connectivity index (χ0v) is 7.52. The third kappa shape index (κ3) is 4.59. The van der Waals surface area contributed by atoms with Crippen LogP contribution in [0.5, 0.6) is 0 Å². The van der Waals surface area contributed by atoms with Crippen LogP contribution in [0.15, 0.2) is 11.6 Å². The molecule has 0 saturated carbocycles. The van der Waals surface area contributed by atoms with Gasteiger partial charge in [-0.15, -0.1) is 0 Å². The van der Waals surface area contributed by atoms with E-state index in [1.165, 1.54) is 0 Å². The standard InChI is InChI=1S/C9H16O2/c1-4-8(5-2)7-9(10)11-6-3/h4H,5-7H2,1-3H3/b8-4+. The molecule has 0 heterocycles. The maximum absolute atomic E-state index is 10.9. The minimum atomic E-state index is -0.123. The van der Waals surface area contributed by atoms with Crippen LogP contribution in [0.3, 0.4) is 0 Å². The molecule has 0 atom stereocenters. The second-order valence-electron chi connectivity index (χ2n) is 2.28. The van der Waals surface area contributed by atoms with Gasteiger partial charge in [-0.25, -0.2) is 0 Å². The highest BCUT2D eigenvalue weighted by Gasteiger charge is 2.02. The second-order valence-corrected chi connectivity index (χ2v) is 2.28. The molecule has 0 N–H and O–H groups in total. The minimum absolute atomic E-state index is 0.123. The Morgan fingerprint density at radius 2 is 2.09 bits per heavy atom. The summed E-state index contributed by atoms with van der Waals surface area (Å²) in [6, 6.07) is 0. The summed E-state index contributed by atoms with van der Waals surface area (Å²) in [6.07, 6.45) is 3.34. The summed E-state index contributed by atoms with van der Waals surface area (Å²) in [5, 5.41) is 0. The summed E-state index contributed by atoms with van der Waals surface area (Å²) in [6.45, 7) is 6.27. The average molecular weight is 156 g/mol. The molecular formula is C9H16O2. The second kappa shape index (κ2) is 5.96. The maximum atomic E-state index is 10.9. The summed E-state index contributed by atoms with van der Waals surface area (Å²) < 4.78 is 4.80. The zero-order chi connectivity index (χ0) is 8.69. The van der Waals surface area contributed by atoms with Gasteiger partial charge < -0.3 is 4.74 Å². The van der Waals surface area contributed by atoms with Gasteiger partial charge in [-0.05, 0) is 20.3 Å². The lowest BCUT2D eigenvalue weighted by Crippen LogP contribution is -2.04. The Bertz CT molecular complexity index is 148. The molecule has 2 heteroatoms. The van der Waals surface area contributed by atoms with Crippen molar-refractivity contribution in [3.05, 3.63) is 11.6 Å². The molecule has 0 rings (SSSR count). The van der Waals surface area contributed by atoms with Crippen molar-refractivity contribution in [2.45, 2.75) is 33.6 Å². The van der Waals surface area contributed by atoms with E-state index in [2.05, 4.69) is 0 Å². The van der Waals surface area contributed by atoms with E-state index in [0.717, 1.165) is 12.0 Å². The Morgan fingerprint density at radius 3 is 2.45 bits per heavy atom. The molecule has 0 aliphatic heterocycles. The van der Waals surface area contributed by atoms with Gasteiger partial charge >= 0.3 is 5.97 Å². The van der Waals surface area contributed by atoms with Gasteiger partial charge in [0.15, 0.2) is 0 Å². The monoisotopic (exact) mass is 156 g/mol. The predicted octanol–water partition coefficient (Wildman–Crippen LogP) is 2.30. The number of carbonyl (C=O) groups is 1. The zero-order valence-electron chi connectivity index (χ0n) is 7.52. The van der Waals surface area contributed by atoms with E-state index in [4.69, 9.17) is 4.74 Å². The molecule has 0 bridgehead atoms. The van der Waals surface area contributed by atoms with E-state index in [-0.39, 0.29) is 5.97 Å². The lowest BCUT2D eigenvalue weighted by atomic mass is 10.1. The van der Waals surface area contributed by atoms with E-state index in [1.54, 1.807) is 0 Å². The Kier molecular flexibility index (Phi) is 5.53. The molecule has 0 amide bonds. The first-order valence-electron chi connectivity index (χ1n) is 4.04. The normalized spacial score (nSPS) is 11.4. The summed E-state index contributed by atoms with van der Waals surface area (Å²) in [4.78, 5) is 10.9. The fraction of sp³-hybridized carbons (Fsp3) is 0.667. The molecule has 0 aliphatic rings. The number of hydrogen-bond donors (Lipinski definition) is 0. The highest BCUT2D eigenvalue weighted by Crippen LogP contribution is 2.06. The molecule has 64 valence electrons. The topological polar surface area (TPSA) is 26.3 Å². The van der Waals surface area contributed by atoms with Crippen molar-refractivity contribution < 1.29 is 9.53 Å². The van der Waals surface area contributed by atoms with Crippen LogP contribution in [0.2, 0.25) is 0 Å². The van der Waals surface area contributed by atoms with Gasteiger partial charge in [0.1, 0.15) is 0 Å². The number of carbonyl (C=O) groups excluding carboxylic acids is 1. The minimum Gasteiger partial charge on any atom is -0.466 e. The molecule has 0 saturated heterocycles. The SMILES string of the molecule is C/C=C(\CC)CC(=O)OCC. The van der Waals surface area contributed by atoms with E-state index < -0.39 is 0 Å². The van der Waals surface area contributed by atoms with Gasteiger partial charge in [-0.2, -0.15) is 0 Å². The van der Waals surface area contributed by atoms with Gasteiger partial charge in [0, 0.05) is 0 Å². The van der Waals surface area contributed by atoms with Crippen LogP contribution in [-0.2, 0) is 9.53 Å². The molecule has 0 aromatic rings. The van der Waals surface area contributed by atoms with Crippen molar-refractivity contribution in [2.24, 2.45) is 0 Å². The quantitative estimate of drug-likeness (QED) is 0.461. The molecule has 0 aliphatic carbocycles. The molecule has 0 fully saturated rings. The van der Waals surface area contributed by atoms with E-state index >= 15 is 0 Å². The van der Waals surface area contributed by atoms with E-state index in [1.807, 2.05) is 26.8 Å². The lowest BCUT2D eigenvalue weighted by Gasteiger charge is -2.02. The van der Waals surface area contributed by atoms with Gasteiger partial charge in [-0.1, -0.05) is 18.6 Å². The van der Waals surface area contributed by atoms with E-state index in [0.29, 0.717) is 13.0 Å². The molecule has 0 spiro atoms. The van der Waals surface area contributed by atoms with Gasteiger partial charge in [0.2, 0.25) is 0 Å². The Morgan fingerprint density at radius 1 is 1.45 bits per heavy atom. The van der Waals surface area contributed by atoms with Crippen LogP contribution in [0.25, 0.3) is 0 Å². The summed E-state index contributed by atoms with van der Waals surface area (Å²) >= 11 is 0. The van der Waals surface area contributed by atoms with Crippen molar-refractivity contribution in [1.29, 1.82) is 0 Å². The number of rotatable bonds is 4. The van der Waals surface area contributed by atoms with Crippen molar-refractivity contribution in [3.8, 4) is 0 Å². The van der Waals surface area contributed by atoms with Crippen molar-refractivity contribution >= 4 is 5.97 Å².